The molecule has 2 aliphatic rings. The van der Waals surface area contributed by atoms with Crippen molar-refractivity contribution < 1.29 is 33.4 Å². The highest BCUT2D eigenvalue weighted by Crippen LogP contribution is 2.44. The van der Waals surface area contributed by atoms with Crippen molar-refractivity contribution in [3.8, 4) is 11.1 Å². The maximum absolute atomic E-state index is 13.0. The molecule has 9 nitrogen and oxygen atoms in total. The Morgan fingerprint density at radius 3 is 1.80 bits per heavy atom. The smallest absolute Gasteiger partial charge is 0.407 e. The summed E-state index contributed by atoms with van der Waals surface area (Å²) in [7, 11) is 0. The van der Waals surface area contributed by atoms with Gasteiger partial charge in [-0.3, -0.25) is 19.3 Å². The topological polar surface area (TPSA) is 119 Å². The van der Waals surface area contributed by atoms with Gasteiger partial charge in [0.2, 0.25) is 0 Å². The Bertz CT molecular complexity index is 1470. The predicted molar refractivity (Wildman–Crippen MR) is 149 cm³/mol. The number of benzene rings is 3. The molecule has 1 heterocycles. The van der Waals surface area contributed by atoms with Crippen LogP contribution in [0.1, 0.15) is 65.0 Å². The Kier molecular flexibility index (Phi) is 7.45. The third-order valence-electron chi connectivity index (χ3n) is 6.97. The molecule has 0 saturated heterocycles. The molecule has 0 fully saturated rings. The van der Waals surface area contributed by atoms with Gasteiger partial charge in [0.15, 0.2) is 5.78 Å². The fraction of sp³-hybridized carbons (Fsp3) is 0.281. The highest BCUT2D eigenvalue weighted by Gasteiger charge is 2.38. The van der Waals surface area contributed by atoms with Gasteiger partial charge in [0.25, 0.3) is 11.8 Å². The monoisotopic (exact) mass is 554 g/mol. The number of esters is 1. The van der Waals surface area contributed by atoms with Gasteiger partial charge < -0.3 is 14.8 Å². The van der Waals surface area contributed by atoms with Gasteiger partial charge in [0, 0.05) is 12.3 Å². The van der Waals surface area contributed by atoms with Crippen LogP contribution in [0.4, 0.5) is 4.79 Å². The van der Waals surface area contributed by atoms with E-state index in [1.54, 1.807) is 32.9 Å². The zero-order valence-corrected chi connectivity index (χ0v) is 23.0. The number of nitrogens with one attached hydrogen (secondary N) is 1. The number of rotatable bonds is 8. The van der Waals surface area contributed by atoms with Crippen LogP contribution in [0.5, 0.6) is 0 Å². The molecule has 0 bridgehead atoms. The minimum Gasteiger partial charge on any atom is -0.458 e. The van der Waals surface area contributed by atoms with Crippen molar-refractivity contribution in [2.75, 3.05) is 13.2 Å². The molecule has 0 aromatic heterocycles. The minimum absolute atomic E-state index is 0.0177. The predicted octanol–water partition coefficient (Wildman–Crippen LogP) is 4.49. The molecule has 1 aliphatic carbocycles. The summed E-state index contributed by atoms with van der Waals surface area (Å²) in [5.74, 6) is -2.80. The normalized spacial score (nSPS) is 14.7. The summed E-state index contributed by atoms with van der Waals surface area (Å²) in [4.78, 5) is 65.1. The van der Waals surface area contributed by atoms with Crippen LogP contribution in [0.3, 0.4) is 0 Å². The van der Waals surface area contributed by atoms with Crippen molar-refractivity contribution in [3.05, 3.63) is 95.1 Å². The van der Waals surface area contributed by atoms with Crippen molar-refractivity contribution in [1.82, 2.24) is 10.2 Å². The van der Waals surface area contributed by atoms with E-state index in [9.17, 15) is 24.0 Å². The Labute approximate surface area is 237 Å². The molecule has 1 aliphatic heterocycles. The maximum Gasteiger partial charge on any atom is 0.407 e. The van der Waals surface area contributed by atoms with Crippen LogP contribution in [0.2, 0.25) is 0 Å². The second-order valence-corrected chi connectivity index (χ2v) is 11.0. The lowest BCUT2D eigenvalue weighted by molar-refractivity contribution is -0.158. The first-order valence-electron chi connectivity index (χ1n) is 13.3. The molecule has 5 rings (SSSR count). The molecule has 0 unspecified atom stereocenters. The summed E-state index contributed by atoms with van der Waals surface area (Å²) in [5.41, 5.74) is 3.74. The van der Waals surface area contributed by atoms with E-state index in [0.29, 0.717) is 0 Å². The SMILES string of the molecule is CC(C)(C)OC(=O)[C@H](CC(=O)CN1C(=O)c2ccccc2C1=O)NC(=O)OCC1c2ccccc2-c2ccccc21. The zero-order chi connectivity index (χ0) is 29.3. The molecule has 0 radical (unpaired) electrons. The summed E-state index contributed by atoms with van der Waals surface area (Å²) in [6.07, 6.45) is -1.39. The molecule has 210 valence electrons. The molecule has 3 amide bonds. The first-order valence-corrected chi connectivity index (χ1v) is 13.3. The van der Waals surface area contributed by atoms with Crippen molar-refractivity contribution in [3.63, 3.8) is 0 Å². The molecule has 3 aromatic rings. The molecule has 9 heteroatoms. The molecular weight excluding hydrogens is 524 g/mol. The number of alkyl carbamates (subject to hydrolysis) is 1. The maximum atomic E-state index is 13.0. The molecule has 41 heavy (non-hydrogen) atoms. The molecule has 0 spiro atoms. The number of Topliss-reactive ketones (excluding diaryl/α,β-unsaturated/α-hetero) is 1. The van der Waals surface area contributed by atoms with Crippen molar-refractivity contribution in [1.29, 1.82) is 0 Å². The zero-order valence-electron chi connectivity index (χ0n) is 23.0. The van der Waals surface area contributed by atoms with Crippen LogP contribution in [0, 0.1) is 0 Å². The molecule has 0 saturated carbocycles. The lowest BCUT2D eigenvalue weighted by atomic mass is 9.98. The van der Waals surface area contributed by atoms with Crippen LogP contribution >= 0.6 is 0 Å². The van der Waals surface area contributed by atoms with Gasteiger partial charge >= 0.3 is 12.1 Å². The summed E-state index contributed by atoms with van der Waals surface area (Å²) in [6, 6.07) is 20.7. The van der Waals surface area contributed by atoms with E-state index in [-0.39, 0.29) is 23.7 Å². The third kappa shape index (κ3) is 5.75. The Hall–Kier alpha value is -4.79. The number of ketones is 1. The van der Waals surface area contributed by atoms with Crippen molar-refractivity contribution >= 4 is 29.7 Å². The number of hydrogen-bond acceptors (Lipinski definition) is 7. The van der Waals surface area contributed by atoms with E-state index in [1.807, 2.05) is 48.5 Å². The Morgan fingerprint density at radius 1 is 0.805 bits per heavy atom. The van der Waals surface area contributed by atoms with Gasteiger partial charge in [-0.15, -0.1) is 0 Å². The number of carbonyl (C=O) groups is 5. The number of carbonyl (C=O) groups excluding carboxylic acids is 5. The summed E-state index contributed by atoms with van der Waals surface area (Å²) >= 11 is 0. The summed E-state index contributed by atoms with van der Waals surface area (Å²) < 4.78 is 11.0. The number of ether oxygens (including phenoxy) is 2. The van der Waals surface area contributed by atoms with Crippen LogP contribution < -0.4 is 5.32 Å². The van der Waals surface area contributed by atoms with E-state index in [0.717, 1.165) is 27.2 Å². The van der Waals surface area contributed by atoms with E-state index in [4.69, 9.17) is 9.47 Å². The number of nitrogens with zero attached hydrogens (tertiary/aromatic N) is 1. The first kappa shape index (κ1) is 27.8. The molecular formula is C32H30N2O7. The largest absolute Gasteiger partial charge is 0.458 e. The average Bonchev–Trinajstić information content (AvgIpc) is 3.38. The fourth-order valence-corrected chi connectivity index (χ4v) is 5.20. The summed E-state index contributed by atoms with van der Waals surface area (Å²) in [5, 5.41) is 2.46. The second kappa shape index (κ2) is 11.0. The fourth-order valence-electron chi connectivity index (χ4n) is 5.20. The molecule has 3 aromatic carbocycles. The lowest BCUT2D eigenvalue weighted by Gasteiger charge is -2.25. The van der Waals surface area contributed by atoms with E-state index in [1.165, 1.54) is 12.1 Å². The second-order valence-electron chi connectivity index (χ2n) is 11.0. The van der Waals surface area contributed by atoms with Gasteiger partial charge in [0.1, 0.15) is 18.2 Å². The lowest BCUT2D eigenvalue weighted by Crippen LogP contribution is -2.47. The van der Waals surface area contributed by atoms with Crippen molar-refractivity contribution in [2.45, 2.75) is 44.8 Å². The quantitative estimate of drug-likeness (QED) is 0.322. The van der Waals surface area contributed by atoms with Gasteiger partial charge in [-0.25, -0.2) is 9.59 Å². The Morgan fingerprint density at radius 2 is 1.29 bits per heavy atom. The van der Waals surface area contributed by atoms with Gasteiger partial charge in [-0.1, -0.05) is 60.7 Å². The highest BCUT2D eigenvalue weighted by molar-refractivity contribution is 6.22. The Balaban J connectivity index is 1.26. The third-order valence-corrected chi connectivity index (χ3v) is 6.97. The molecule has 1 atom stereocenters. The van der Waals surface area contributed by atoms with Crippen molar-refractivity contribution in [2.24, 2.45) is 0 Å². The minimum atomic E-state index is -1.38. The van der Waals surface area contributed by atoms with E-state index >= 15 is 0 Å². The van der Waals surface area contributed by atoms with Crippen LogP contribution in [0.15, 0.2) is 72.8 Å². The van der Waals surface area contributed by atoms with Crippen LogP contribution in [-0.2, 0) is 19.1 Å². The van der Waals surface area contributed by atoms with E-state index in [2.05, 4.69) is 5.32 Å². The number of imide groups is 1. The first-order chi connectivity index (χ1) is 19.5. The van der Waals surface area contributed by atoms with Gasteiger partial charge in [0.05, 0.1) is 17.7 Å². The van der Waals surface area contributed by atoms with Gasteiger partial charge in [-0.05, 0) is 55.2 Å². The number of hydrogen-bond donors (Lipinski definition) is 1. The van der Waals surface area contributed by atoms with E-state index < -0.39 is 54.3 Å². The highest BCUT2D eigenvalue weighted by atomic mass is 16.6. The average molecular weight is 555 g/mol. The van der Waals surface area contributed by atoms with Crippen LogP contribution in [-0.4, -0.2) is 59.4 Å². The molecule has 1 N–H and O–H groups in total. The standard InChI is InChI=1S/C32H30N2O7/c1-32(2,3)41-30(38)27(16-19(35)17-34-28(36)24-14-8-9-15-25(24)29(34)37)33-31(39)40-18-26-22-12-6-4-10-20(22)21-11-5-7-13-23(21)26/h4-15,26-27H,16-18H2,1-3H3,(H,33,39)/t27-/m0/s1. The van der Waals surface area contributed by atoms with Crippen LogP contribution in [0.25, 0.3) is 11.1 Å². The number of amides is 3. The summed E-state index contributed by atoms with van der Waals surface area (Å²) in [6.45, 7) is 4.46. The number of fused-ring (bicyclic) bond motifs is 4. The van der Waals surface area contributed by atoms with Gasteiger partial charge in [-0.2, -0.15) is 0 Å².